The molecule has 2 aromatic rings. The number of nitrogens with zero attached hydrogens (tertiary/aromatic N) is 2. The monoisotopic (exact) mass is 186 g/mol. The average molecular weight is 186 g/mol. The molecule has 3 rings (SSSR count). The third-order valence-corrected chi connectivity index (χ3v) is 3.29. The summed E-state index contributed by atoms with van der Waals surface area (Å²) in [5.41, 5.74) is 4.12. The predicted octanol–water partition coefficient (Wildman–Crippen LogP) is 2.46. The molecule has 0 N–H and O–H groups in total. The van der Waals surface area contributed by atoms with Gasteiger partial charge in [-0.1, -0.05) is 19.4 Å². The van der Waals surface area contributed by atoms with Crippen LogP contribution in [-0.2, 0) is 12.8 Å². The summed E-state index contributed by atoms with van der Waals surface area (Å²) < 4.78 is 2.15. The fraction of sp³-hybridized carbons (Fsp3) is 0.417. The molecule has 1 aliphatic rings. The number of pyridine rings is 1. The molecule has 0 amide bonds. The normalized spacial score (nSPS) is 20.2. The van der Waals surface area contributed by atoms with E-state index in [1.54, 1.807) is 0 Å². The maximum atomic E-state index is 4.49. The van der Waals surface area contributed by atoms with Gasteiger partial charge in [-0.25, -0.2) is 4.98 Å². The maximum absolute atomic E-state index is 4.49. The topological polar surface area (TPSA) is 17.3 Å². The fourth-order valence-corrected chi connectivity index (χ4v) is 2.45. The van der Waals surface area contributed by atoms with Gasteiger partial charge < -0.3 is 4.40 Å². The van der Waals surface area contributed by atoms with Gasteiger partial charge in [0.05, 0.1) is 17.5 Å². The molecular formula is C12H14N2. The Labute approximate surface area is 83.6 Å². The zero-order valence-corrected chi connectivity index (χ0v) is 8.40. The Balaban J connectivity index is 2.23. The summed E-state index contributed by atoms with van der Waals surface area (Å²) in [5.74, 6) is 0.795. The van der Waals surface area contributed by atoms with Crippen LogP contribution in [0.2, 0.25) is 0 Å². The van der Waals surface area contributed by atoms with Crippen LogP contribution >= 0.6 is 0 Å². The third-order valence-electron chi connectivity index (χ3n) is 3.29. The van der Waals surface area contributed by atoms with E-state index in [0.29, 0.717) is 0 Å². The van der Waals surface area contributed by atoms with Crippen LogP contribution in [-0.4, -0.2) is 9.38 Å². The summed E-state index contributed by atoms with van der Waals surface area (Å²) in [6.45, 7) is 2.27. The lowest BCUT2D eigenvalue weighted by molar-refractivity contribution is 0.492. The Bertz CT molecular complexity index is 470. The summed E-state index contributed by atoms with van der Waals surface area (Å²) >= 11 is 0. The summed E-state index contributed by atoms with van der Waals surface area (Å²) in [7, 11) is 0. The molecule has 0 fully saturated rings. The standard InChI is InChI=1S/C12H14N2/c1-2-9-6-10-4-3-5-14-8-13-11(7-9)12(10)14/h3-5,8-9H,2,6-7H2,1H3. The summed E-state index contributed by atoms with van der Waals surface area (Å²) in [5, 5.41) is 0. The first-order valence-corrected chi connectivity index (χ1v) is 5.32. The van der Waals surface area contributed by atoms with E-state index in [1.807, 2.05) is 6.33 Å². The van der Waals surface area contributed by atoms with Gasteiger partial charge in [0.2, 0.25) is 0 Å². The Kier molecular flexibility index (Phi) is 1.63. The van der Waals surface area contributed by atoms with E-state index in [1.165, 1.54) is 29.6 Å². The van der Waals surface area contributed by atoms with Crippen molar-refractivity contribution in [1.82, 2.24) is 9.38 Å². The van der Waals surface area contributed by atoms with Crippen LogP contribution in [0, 0.1) is 5.92 Å². The van der Waals surface area contributed by atoms with Crippen molar-refractivity contribution in [2.24, 2.45) is 5.92 Å². The number of hydrogen-bond donors (Lipinski definition) is 0. The van der Waals surface area contributed by atoms with Gasteiger partial charge >= 0.3 is 0 Å². The molecule has 1 aliphatic carbocycles. The second kappa shape index (κ2) is 2.84. The van der Waals surface area contributed by atoms with Crippen molar-refractivity contribution in [1.29, 1.82) is 0 Å². The van der Waals surface area contributed by atoms with Crippen molar-refractivity contribution in [2.75, 3.05) is 0 Å². The van der Waals surface area contributed by atoms with Crippen molar-refractivity contribution >= 4 is 5.52 Å². The minimum atomic E-state index is 0.795. The molecule has 2 nitrogen and oxygen atoms in total. The molecule has 1 unspecified atom stereocenters. The van der Waals surface area contributed by atoms with Gasteiger partial charge in [0.1, 0.15) is 0 Å². The van der Waals surface area contributed by atoms with Gasteiger partial charge in [-0.2, -0.15) is 0 Å². The molecule has 0 bridgehead atoms. The molecule has 14 heavy (non-hydrogen) atoms. The number of imidazole rings is 1. The van der Waals surface area contributed by atoms with E-state index in [2.05, 4.69) is 34.6 Å². The van der Waals surface area contributed by atoms with Gasteiger partial charge in [-0.3, -0.25) is 0 Å². The van der Waals surface area contributed by atoms with Crippen LogP contribution < -0.4 is 0 Å². The van der Waals surface area contributed by atoms with Gasteiger partial charge in [-0.05, 0) is 30.4 Å². The SMILES string of the molecule is CCC1Cc2cccn3cnc(c23)C1. The van der Waals surface area contributed by atoms with Gasteiger partial charge in [0.15, 0.2) is 0 Å². The highest BCUT2D eigenvalue weighted by molar-refractivity contribution is 5.60. The third kappa shape index (κ3) is 0.999. The number of aromatic nitrogens is 2. The first kappa shape index (κ1) is 8.04. The molecule has 1 atom stereocenters. The molecule has 0 saturated heterocycles. The lowest BCUT2D eigenvalue weighted by Gasteiger charge is -2.20. The van der Waals surface area contributed by atoms with Crippen LogP contribution in [0.3, 0.4) is 0 Å². The summed E-state index contributed by atoms with van der Waals surface area (Å²) in [4.78, 5) is 4.49. The Morgan fingerprint density at radius 3 is 3.29 bits per heavy atom. The second-order valence-electron chi connectivity index (χ2n) is 4.16. The highest BCUT2D eigenvalue weighted by atomic mass is 15.0. The summed E-state index contributed by atoms with van der Waals surface area (Å²) in [6, 6.07) is 4.36. The molecule has 0 aromatic carbocycles. The van der Waals surface area contributed by atoms with Gasteiger partial charge in [0.25, 0.3) is 0 Å². The molecule has 0 radical (unpaired) electrons. The molecule has 2 aromatic heterocycles. The fourth-order valence-electron chi connectivity index (χ4n) is 2.45. The Hall–Kier alpha value is -1.31. The van der Waals surface area contributed by atoms with Crippen molar-refractivity contribution in [3.63, 3.8) is 0 Å². The van der Waals surface area contributed by atoms with Crippen LogP contribution in [0.4, 0.5) is 0 Å². The minimum Gasteiger partial charge on any atom is -0.306 e. The van der Waals surface area contributed by atoms with E-state index < -0.39 is 0 Å². The van der Waals surface area contributed by atoms with Gasteiger partial charge in [0, 0.05) is 6.20 Å². The highest BCUT2D eigenvalue weighted by Crippen LogP contribution is 2.28. The molecule has 2 heterocycles. The van der Waals surface area contributed by atoms with E-state index in [0.717, 1.165) is 12.3 Å². The van der Waals surface area contributed by atoms with Crippen LogP contribution in [0.5, 0.6) is 0 Å². The quantitative estimate of drug-likeness (QED) is 0.668. The van der Waals surface area contributed by atoms with Crippen molar-refractivity contribution < 1.29 is 0 Å². The molecular weight excluding hydrogens is 172 g/mol. The van der Waals surface area contributed by atoms with Crippen LogP contribution in [0.25, 0.3) is 5.52 Å². The zero-order chi connectivity index (χ0) is 9.54. The number of hydrogen-bond acceptors (Lipinski definition) is 1. The lowest BCUT2D eigenvalue weighted by atomic mass is 9.87. The maximum Gasteiger partial charge on any atom is 0.0995 e. The molecule has 0 saturated carbocycles. The van der Waals surface area contributed by atoms with E-state index in [-0.39, 0.29) is 0 Å². The van der Waals surface area contributed by atoms with Crippen molar-refractivity contribution in [3.8, 4) is 0 Å². The average Bonchev–Trinajstić information content (AvgIpc) is 2.64. The Morgan fingerprint density at radius 2 is 2.43 bits per heavy atom. The highest BCUT2D eigenvalue weighted by Gasteiger charge is 2.20. The largest absolute Gasteiger partial charge is 0.306 e. The van der Waals surface area contributed by atoms with E-state index in [4.69, 9.17) is 0 Å². The van der Waals surface area contributed by atoms with Crippen molar-refractivity contribution in [2.45, 2.75) is 26.2 Å². The molecule has 0 aliphatic heterocycles. The minimum absolute atomic E-state index is 0.795. The van der Waals surface area contributed by atoms with Crippen LogP contribution in [0.1, 0.15) is 24.6 Å². The predicted molar refractivity (Wildman–Crippen MR) is 56.4 cm³/mol. The Morgan fingerprint density at radius 1 is 1.50 bits per heavy atom. The first-order chi connectivity index (χ1) is 6.88. The molecule has 72 valence electrons. The van der Waals surface area contributed by atoms with E-state index in [9.17, 15) is 0 Å². The first-order valence-electron chi connectivity index (χ1n) is 5.32. The second-order valence-corrected chi connectivity index (χ2v) is 4.16. The zero-order valence-electron chi connectivity index (χ0n) is 8.40. The van der Waals surface area contributed by atoms with Gasteiger partial charge in [-0.15, -0.1) is 0 Å². The summed E-state index contributed by atoms with van der Waals surface area (Å²) in [6.07, 6.45) is 7.66. The van der Waals surface area contributed by atoms with Crippen LogP contribution in [0.15, 0.2) is 24.7 Å². The number of rotatable bonds is 1. The van der Waals surface area contributed by atoms with Crippen molar-refractivity contribution in [3.05, 3.63) is 35.9 Å². The smallest absolute Gasteiger partial charge is 0.0995 e. The van der Waals surface area contributed by atoms with E-state index >= 15 is 0 Å². The molecule has 2 heteroatoms. The lowest BCUT2D eigenvalue weighted by Crippen LogP contribution is -2.13. The molecule has 0 spiro atoms.